The largest absolute Gasteiger partial charge is 0.481 e. The number of hydrogen-bond donors (Lipinski definition) is 3. The minimum absolute atomic E-state index is 0.0802. The summed E-state index contributed by atoms with van der Waals surface area (Å²) in [7, 11) is 0. The second kappa shape index (κ2) is 18.7. The molecule has 0 radical (unpaired) electrons. The van der Waals surface area contributed by atoms with Crippen LogP contribution < -0.4 is 5.73 Å². The molecular formula is C26H43NO10. The van der Waals surface area contributed by atoms with E-state index in [1.807, 2.05) is 0 Å². The highest BCUT2D eigenvalue weighted by Crippen LogP contribution is 2.22. The maximum absolute atomic E-state index is 12.2. The highest BCUT2D eigenvalue weighted by Gasteiger charge is 2.51. The second-order valence-corrected chi connectivity index (χ2v) is 9.50. The number of esters is 3. The summed E-state index contributed by atoms with van der Waals surface area (Å²) in [5.74, 6) is -5.78. The van der Waals surface area contributed by atoms with Crippen LogP contribution in [0.2, 0.25) is 0 Å². The number of cyclic esters (lactones) is 1. The van der Waals surface area contributed by atoms with E-state index in [-0.39, 0.29) is 6.42 Å². The van der Waals surface area contributed by atoms with Crippen molar-refractivity contribution in [3.8, 4) is 0 Å². The molecule has 0 saturated carbocycles. The summed E-state index contributed by atoms with van der Waals surface area (Å²) < 4.78 is 14.9. The Morgan fingerprint density at radius 1 is 0.919 bits per heavy atom. The number of ether oxygens (including phenoxy) is 3. The average Bonchev–Trinajstić information content (AvgIpc) is 3.13. The molecule has 1 saturated heterocycles. The number of aliphatic hydroxyl groups excluding tert-OH is 1. The summed E-state index contributed by atoms with van der Waals surface area (Å²) in [4.78, 5) is 58.8. The third-order valence-electron chi connectivity index (χ3n) is 6.26. The molecule has 0 amide bonds. The van der Waals surface area contributed by atoms with E-state index in [9.17, 15) is 29.1 Å². The zero-order valence-electron chi connectivity index (χ0n) is 21.9. The fourth-order valence-corrected chi connectivity index (χ4v) is 4.11. The molecule has 0 bridgehead atoms. The molecule has 1 heterocycles. The lowest BCUT2D eigenvalue weighted by Crippen LogP contribution is -2.46. The number of Topliss-reactive ketones (excluding diaryl/α,β-unsaturated/α-hetero) is 1. The van der Waals surface area contributed by atoms with Gasteiger partial charge < -0.3 is 30.2 Å². The number of carbonyl (C=O) groups excluding carboxylic acids is 4. The van der Waals surface area contributed by atoms with E-state index < -0.39 is 67.0 Å². The number of ketones is 1. The van der Waals surface area contributed by atoms with E-state index >= 15 is 0 Å². The molecule has 1 aliphatic rings. The number of rotatable bonds is 21. The summed E-state index contributed by atoms with van der Waals surface area (Å²) in [5.41, 5.74) is 5.42. The number of aliphatic hydroxyl groups is 1. The smallest absolute Gasteiger partial charge is 0.379 e. The Morgan fingerprint density at radius 2 is 1.43 bits per heavy atom. The number of carboxylic acid groups (broad SMARTS) is 1. The van der Waals surface area contributed by atoms with Gasteiger partial charge in [-0.1, -0.05) is 84.0 Å². The molecule has 4 atom stereocenters. The van der Waals surface area contributed by atoms with Crippen molar-refractivity contribution < 1.29 is 48.4 Å². The fraction of sp³-hybridized carbons (Fsp3) is 0.808. The predicted octanol–water partition coefficient (Wildman–Crippen LogP) is 2.58. The van der Waals surface area contributed by atoms with Gasteiger partial charge in [-0.05, 0) is 6.42 Å². The van der Waals surface area contributed by atoms with Gasteiger partial charge >= 0.3 is 23.9 Å². The zero-order chi connectivity index (χ0) is 27.6. The van der Waals surface area contributed by atoms with E-state index in [1.165, 1.54) is 57.8 Å². The quantitative estimate of drug-likeness (QED) is 0.0860. The molecule has 1 aliphatic heterocycles. The normalized spacial score (nSPS) is 18.8. The molecule has 1 unspecified atom stereocenters. The summed E-state index contributed by atoms with van der Waals surface area (Å²) in [6.07, 6.45) is 9.56. The molecule has 0 aliphatic carbocycles. The van der Waals surface area contributed by atoms with Gasteiger partial charge in [-0.2, -0.15) is 0 Å². The second-order valence-electron chi connectivity index (χ2n) is 9.50. The van der Waals surface area contributed by atoms with Crippen LogP contribution in [0.15, 0.2) is 0 Å². The molecule has 4 N–H and O–H groups in total. The van der Waals surface area contributed by atoms with Gasteiger partial charge in [-0.25, -0.2) is 4.79 Å². The van der Waals surface area contributed by atoms with E-state index in [0.717, 1.165) is 19.3 Å². The highest BCUT2D eigenvalue weighted by molar-refractivity contribution is 6.37. The minimum atomic E-state index is -1.80. The van der Waals surface area contributed by atoms with Crippen LogP contribution in [0.5, 0.6) is 0 Å². The summed E-state index contributed by atoms with van der Waals surface area (Å²) in [5, 5.41) is 18.4. The summed E-state index contributed by atoms with van der Waals surface area (Å²) >= 11 is 0. The van der Waals surface area contributed by atoms with Gasteiger partial charge in [0.25, 0.3) is 5.78 Å². The average molecular weight is 530 g/mol. The molecule has 0 spiro atoms. The summed E-state index contributed by atoms with van der Waals surface area (Å²) in [6, 6.07) is -1.58. The van der Waals surface area contributed by atoms with E-state index in [2.05, 4.69) is 6.92 Å². The molecule has 1 fully saturated rings. The van der Waals surface area contributed by atoms with E-state index in [1.54, 1.807) is 0 Å². The van der Waals surface area contributed by atoms with Gasteiger partial charge in [0.2, 0.25) is 6.10 Å². The standard InChI is InChI=1S/C26H43NO10/c1-2-3-4-5-6-7-8-9-10-11-12-13-14-15-21(31)35-19(17-28)23-24(22(32)26(34)36-23)37-25(33)18(27)16-20(29)30/h18-19,23-24,28H,2-17,27H2,1H3,(H,29,30)/t18-,19-,23+,24?/m0/s1. The molecule has 212 valence electrons. The van der Waals surface area contributed by atoms with Crippen LogP contribution in [0.4, 0.5) is 0 Å². The number of carbonyl (C=O) groups is 5. The third kappa shape index (κ3) is 13.0. The van der Waals surface area contributed by atoms with Crippen molar-refractivity contribution in [2.45, 2.75) is 128 Å². The molecule has 0 aromatic carbocycles. The molecule has 1 rings (SSSR count). The van der Waals surface area contributed by atoms with E-state index in [0.29, 0.717) is 6.42 Å². The van der Waals surface area contributed by atoms with Crippen LogP contribution in [0, 0.1) is 0 Å². The highest BCUT2D eigenvalue weighted by atomic mass is 16.6. The van der Waals surface area contributed by atoms with Gasteiger partial charge in [0.05, 0.1) is 13.0 Å². The first kappa shape index (κ1) is 32.5. The Bertz CT molecular complexity index is 741. The molecule has 11 nitrogen and oxygen atoms in total. The lowest BCUT2D eigenvalue weighted by Gasteiger charge is -2.25. The number of nitrogens with two attached hydrogens (primary N) is 1. The molecular weight excluding hydrogens is 486 g/mol. The number of aliphatic carboxylic acids is 1. The van der Waals surface area contributed by atoms with Gasteiger partial charge in [0.15, 0.2) is 12.2 Å². The predicted molar refractivity (Wildman–Crippen MR) is 132 cm³/mol. The van der Waals surface area contributed by atoms with Crippen molar-refractivity contribution in [2.75, 3.05) is 6.61 Å². The van der Waals surface area contributed by atoms with Crippen LogP contribution >= 0.6 is 0 Å². The van der Waals surface area contributed by atoms with Crippen LogP contribution in [0.1, 0.15) is 103 Å². The maximum atomic E-state index is 12.2. The topological polar surface area (TPSA) is 180 Å². The first-order valence-corrected chi connectivity index (χ1v) is 13.4. The van der Waals surface area contributed by atoms with Crippen LogP contribution in [-0.2, 0) is 38.2 Å². The van der Waals surface area contributed by atoms with Gasteiger partial charge in [0, 0.05) is 6.42 Å². The van der Waals surface area contributed by atoms with Crippen molar-refractivity contribution in [1.82, 2.24) is 0 Å². The van der Waals surface area contributed by atoms with Crippen molar-refractivity contribution in [3.63, 3.8) is 0 Å². The Hall–Kier alpha value is -2.53. The van der Waals surface area contributed by atoms with Crippen molar-refractivity contribution in [2.24, 2.45) is 5.73 Å². The number of carboxylic acids is 1. The van der Waals surface area contributed by atoms with Gasteiger partial charge in [-0.3, -0.25) is 19.2 Å². The van der Waals surface area contributed by atoms with Crippen molar-refractivity contribution >= 4 is 29.7 Å². The first-order chi connectivity index (χ1) is 17.7. The van der Waals surface area contributed by atoms with Crippen LogP contribution in [0.25, 0.3) is 0 Å². The lowest BCUT2D eigenvalue weighted by molar-refractivity contribution is -0.174. The van der Waals surface area contributed by atoms with Crippen LogP contribution in [0.3, 0.4) is 0 Å². The fourth-order valence-electron chi connectivity index (χ4n) is 4.11. The molecule has 0 aromatic heterocycles. The third-order valence-corrected chi connectivity index (χ3v) is 6.26. The monoisotopic (exact) mass is 529 g/mol. The van der Waals surface area contributed by atoms with Gasteiger partial charge in [0.1, 0.15) is 6.04 Å². The Balaban J connectivity index is 2.33. The van der Waals surface area contributed by atoms with Crippen LogP contribution in [-0.4, -0.2) is 70.8 Å². The SMILES string of the molecule is CCCCCCCCCCCCCCCC(=O)O[C@@H](CO)[C@H]1OC(=O)C(=O)C1OC(=O)[C@@H](N)CC(=O)O. The zero-order valence-corrected chi connectivity index (χ0v) is 21.9. The number of unbranched alkanes of at least 4 members (excludes halogenated alkanes) is 12. The van der Waals surface area contributed by atoms with Gasteiger partial charge in [-0.15, -0.1) is 0 Å². The molecule has 37 heavy (non-hydrogen) atoms. The first-order valence-electron chi connectivity index (χ1n) is 13.4. The Labute approximate surface area is 218 Å². The van der Waals surface area contributed by atoms with Crippen molar-refractivity contribution in [1.29, 1.82) is 0 Å². The Kier molecular flexibility index (Phi) is 16.4. The summed E-state index contributed by atoms with van der Waals surface area (Å²) in [6.45, 7) is 1.43. The molecule has 0 aromatic rings. The maximum Gasteiger partial charge on any atom is 0.379 e. The van der Waals surface area contributed by atoms with E-state index in [4.69, 9.17) is 25.1 Å². The minimum Gasteiger partial charge on any atom is -0.481 e. The lowest BCUT2D eigenvalue weighted by atomic mass is 10.0. The Morgan fingerprint density at radius 3 is 1.92 bits per heavy atom. The number of hydrogen-bond acceptors (Lipinski definition) is 10. The van der Waals surface area contributed by atoms with Crippen molar-refractivity contribution in [3.05, 3.63) is 0 Å². The molecule has 11 heteroatoms.